The van der Waals surface area contributed by atoms with Crippen molar-refractivity contribution in [2.75, 3.05) is 13.2 Å². The first-order valence-electron chi connectivity index (χ1n) is 6.18. The van der Waals surface area contributed by atoms with Crippen molar-refractivity contribution in [2.24, 2.45) is 0 Å². The Morgan fingerprint density at radius 3 is 3.00 bits per heavy atom. The van der Waals surface area contributed by atoms with Crippen molar-refractivity contribution < 1.29 is 14.3 Å². The Kier molecular flexibility index (Phi) is 4.36. The number of ether oxygens (including phenoxy) is 1. The fraction of sp³-hybridized carbons (Fsp3) is 0.538. The minimum Gasteiger partial charge on any atom is -0.451 e. The minimum absolute atomic E-state index is 0.0906. The Labute approximate surface area is 111 Å². The number of carbonyl (C=O) groups is 2. The Hall–Kier alpha value is -1.36. The predicted molar refractivity (Wildman–Crippen MR) is 69.6 cm³/mol. The molecule has 2 rings (SSSR count). The average Bonchev–Trinajstić information content (AvgIpc) is 2.90. The van der Waals surface area contributed by atoms with Crippen molar-refractivity contribution in [1.82, 2.24) is 4.90 Å². The van der Waals surface area contributed by atoms with Gasteiger partial charge in [-0.15, -0.1) is 11.3 Å². The molecule has 1 fully saturated rings. The summed E-state index contributed by atoms with van der Waals surface area (Å²) in [5.74, 6) is -0.505. The van der Waals surface area contributed by atoms with Crippen LogP contribution in [0, 0.1) is 0 Å². The fourth-order valence-electron chi connectivity index (χ4n) is 2.14. The lowest BCUT2D eigenvalue weighted by Crippen LogP contribution is -2.44. The van der Waals surface area contributed by atoms with Crippen LogP contribution in [-0.4, -0.2) is 36.0 Å². The number of hydrogen-bond donors (Lipinski definition) is 0. The van der Waals surface area contributed by atoms with Crippen molar-refractivity contribution >= 4 is 23.2 Å². The van der Waals surface area contributed by atoms with E-state index in [-0.39, 0.29) is 18.6 Å². The highest BCUT2D eigenvalue weighted by Crippen LogP contribution is 2.16. The SMILES string of the molecule is C[C@@H]1CCCCN1C(=O)COC(=O)c1cccs1. The zero-order chi connectivity index (χ0) is 13.0. The van der Waals surface area contributed by atoms with Gasteiger partial charge in [-0.2, -0.15) is 0 Å². The normalized spacial score (nSPS) is 19.6. The van der Waals surface area contributed by atoms with E-state index in [4.69, 9.17) is 4.74 Å². The number of carbonyl (C=O) groups excluding carboxylic acids is 2. The van der Waals surface area contributed by atoms with Crippen LogP contribution in [0.1, 0.15) is 35.9 Å². The summed E-state index contributed by atoms with van der Waals surface area (Å²) in [6.45, 7) is 2.66. The molecule has 1 aliphatic heterocycles. The maximum Gasteiger partial charge on any atom is 0.348 e. The van der Waals surface area contributed by atoms with Gasteiger partial charge < -0.3 is 9.64 Å². The predicted octanol–water partition coefficient (Wildman–Crippen LogP) is 2.31. The van der Waals surface area contributed by atoms with Gasteiger partial charge in [0.25, 0.3) is 5.91 Å². The van der Waals surface area contributed by atoms with Crippen molar-refractivity contribution in [2.45, 2.75) is 32.2 Å². The van der Waals surface area contributed by atoms with E-state index in [1.165, 1.54) is 17.8 Å². The summed E-state index contributed by atoms with van der Waals surface area (Å²) in [7, 11) is 0. The van der Waals surface area contributed by atoms with Gasteiger partial charge in [-0.05, 0) is 37.6 Å². The molecule has 1 saturated heterocycles. The third-order valence-electron chi connectivity index (χ3n) is 3.17. The van der Waals surface area contributed by atoms with E-state index >= 15 is 0 Å². The summed E-state index contributed by atoms with van der Waals surface area (Å²) in [6.07, 6.45) is 3.24. The quantitative estimate of drug-likeness (QED) is 0.789. The van der Waals surface area contributed by atoms with E-state index in [2.05, 4.69) is 0 Å². The third-order valence-corrected chi connectivity index (χ3v) is 4.02. The van der Waals surface area contributed by atoms with Gasteiger partial charge in [0.1, 0.15) is 4.88 Å². The van der Waals surface area contributed by atoms with E-state index in [0.717, 1.165) is 19.4 Å². The number of rotatable bonds is 3. The molecule has 0 saturated carbocycles. The maximum absolute atomic E-state index is 11.9. The van der Waals surface area contributed by atoms with Crippen LogP contribution in [-0.2, 0) is 9.53 Å². The molecule has 4 nitrogen and oxygen atoms in total. The van der Waals surface area contributed by atoms with Crippen LogP contribution in [0.4, 0.5) is 0 Å². The van der Waals surface area contributed by atoms with Gasteiger partial charge in [0, 0.05) is 12.6 Å². The lowest BCUT2D eigenvalue weighted by Gasteiger charge is -2.33. The molecular weight excluding hydrogens is 250 g/mol. The highest BCUT2D eigenvalue weighted by Gasteiger charge is 2.24. The van der Waals surface area contributed by atoms with Crippen LogP contribution < -0.4 is 0 Å². The van der Waals surface area contributed by atoms with Gasteiger partial charge in [0.15, 0.2) is 6.61 Å². The Balaban J connectivity index is 1.82. The van der Waals surface area contributed by atoms with Crippen molar-refractivity contribution in [1.29, 1.82) is 0 Å². The summed E-state index contributed by atoms with van der Waals surface area (Å²) in [5.41, 5.74) is 0. The van der Waals surface area contributed by atoms with Crippen LogP contribution in [0.2, 0.25) is 0 Å². The molecule has 1 atom stereocenters. The molecule has 0 N–H and O–H groups in total. The molecule has 0 spiro atoms. The summed E-state index contributed by atoms with van der Waals surface area (Å²) < 4.78 is 5.03. The van der Waals surface area contributed by atoms with Gasteiger partial charge in [0.2, 0.25) is 0 Å². The van der Waals surface area contributed by atoms with Crippen LogP contribution in [0.5, 0.6) is 0 Å². The van der Waals surface area contributed by atoms with E-state index < -0.39 is 5.97 Å². The maximum atomic E-state index is 11.9. The highest BCUT2D eigenvalue weighted by molar-refractivity contribution is 7.11. The van der Waals surface area contributed by atoms with E-state index in [0.29, 0.717) is 4.88 Å². The summed E-state index contributed by atoms with van der Waals surface area (Å²) in [6, 6.07) is 3.74. The van der Waals surface area contributed by atoms with Gasteiger partial charge in [-0.25, -0.2) is 4.79 Å². The molecule has 0 aliphatic carbocycles. The van der Waals surface area contributed by atoms with Crippen molar-refractivity contribution in [3.8, 4) is 0 Å². The number of piperidine rings is 1. The first kappa shape index (κ1) is 13.1. The monoisotopic (exact) mass is 267 g/mol. The van der Waals surface area contributed by atoms with E-state index in [9.17, 15) is 9.59 Å². The topological polar surface area (TPSA) is 46.6 Å². The smallest absolute Gasteiger partial charge is 0.348 e. The first-order valence-corrected chi connectivity index (χ1v) is 7.06. The molecule has 5 heteroatoms. The third kappa shape index (κ3) is 3.10. The number of esters is 1. The molecule has 1 aliphatic rings. The minimum atomic E-state index is -0.414. The largest absolute Gasteiger partial charge is 0.451 e. The lowest BCUT2D eigenvalue weighted by molar-refractivity contribution is -0.137. The summed E-state index contributed by atoms with van der Waals surface area (Å²) >= 11 is 1.32. The number of likely N-dealkylation sites (tertiary alicyclic amines) is 1. The second-order valence-electron chi connectivity index (χ2n) is 4.49. The molecule has 2 heterocycles. The Morgan fingerprint density at radius 2 is 2.33 bits per heavy atom. The molecule has 0 aromatic carbocycles. The second-order valence-corrected chi connectivity index (χ2v) is 5.43. The molecule has 18 heavy (non-hydrogen) atoms. The van der Waals surface area contributed by atoms with Crippen LogP contribution >= 0.6 is 11.3 Å². The van der Waals surface area contributed by atoms with Crippen molar-refractivity contribution in [3.63, 3.8) is 0 Å². The fourth-order valence-corrected chi connectivity index (χ4v) is 2.76. The van der Waals surface area contributed by atoms with Crippen LogP contribution in [0.25, 0.3) is 0 Å². The molecule has 1 amide bonds. The molecule has 98 valence electrons. The number of thiophene rings is 1. The molecule has 0 radical (unpaired) electrons. The van der Waals surface area contributed by atoms with Gasteiger partial charge in [-0.3, -0.25) is 4.79 Å². The summed E-state index contributed by atoms with van der Waals surface area (Å²) in [4.78, 5) is 25.9. The van der Waals surface area contributed by atoms with E-state index in [1.54, 1.807) is 12.1 Å². The van der Waals surface area contributed by atoms with Crippen LogP contribution in [0.15, 0.2) is 17.5 Å². The number of hydrogen-bond acceptors (Lipinski definition) is 4. The van der Waals surface area contributed by atoms with Gasteiger partial charge >= 0.3 is 5.97 Å². The van der Waals surface area contributed by atoms with Gasteiger partial charge in [0.05, 0.1) is 0 Å². The number of nitrogens with zero attached hydrogens (tertiary/aromatic N) is 1. The van der Waals surface area contributed by atoms with Crippen LogP contribution in [0.3, 0.4) is 0 Å². The molecule has 1 aromatic heterocycles. The Bertz CT molecular complexity index is 416. The zero-order valence-corrected chi connectivity index (χ0v) is 11.2. The van der Waals surface area contributed by atoms with E-state index in [1.807, 2.05) is 17.2 Å². The summed E-state index contributed by atoms with van der Waals surface area (Å²) in [5, 5.41) is 1.81. The molecular formula is C13H17NO3S. The first-order chi connectivity index (χ1) is 8.68. The average molecular weight is 267 g/mol. The lowest BCUT2D eigenvalue weighted by atomic mass is 10.0. The number of amides is 1. The Morgan fingerprint density at radius 1 is 1.50 bits per heavy atom. The van der Waals surface area contributed by atoms with Gasteiger partial charge in [-0.1, -0.05) is 6.07 Å². The molecule has 0 unspecified atom stereocenters. The highest BCUT2D eigenvalue weighted by atomic mass is 32.1. The standard InChI is InChI=1S/C13H17NO3S/c1-10-5-2-3-7-14(10)12(15)9-17-13(16)11-6-4-8-18-11/h4,6,8,10H,2-3,5,7,9H2,1H3/t10-/m1/s1. The molecule has 1 aromatic rings. The molecule has 0 bridgehead atoms. The van der Waals surface area contributed by atoms with Crippen molar-refractivity contribution in [3.05, 3.63) is 22.4 Å². The second kappa shape index (κ2) is 6.00. The zero-order valence-electron chi connectivity index (χ0n) is 10.4.